The van der Waals surface area contributed by atoms with E-state index < -0.39 is 35.7 Å². The maximum absolute atomic E-state index is 12.2. The summed E-state index contributed by atoms with van der Waals surface area (Å²) < 4.78 is 25.2. The lowest BCUT2D eigenvalue weighted by atomic mass is 9.80. The van der Waals surface area contributed by atoms with Crippen LogP contribution in [0.1, 0.15) is 22.9 Å². The van der Waals surface area contributed by atoms with Crippen LogP contribution in [0.5, 0.6) is 11.5 Å². The number of nitrogens with zero attached hydrogens (tertiary/aromatic N) is 3. The topological polar surface area (TPSA) is 141 Å². The number of benzene rings is 3. The number of hydrogen-bond donors (Lipinski definition) is 3. The first kappa shape index (κ1) is 27.6. The summed E-state index contributed by atoms with van der Waals surface area (Å²) in [5, 5.41) is 22.1. The summed E-state index contributed by atoms with van der Waals surface area (Å²) in [4.78, 5) is 22.9. The van der Waals surface area contributed by atoms with Crippen molar-refractivity contribution in [2.45, 2.75) is 30.1 Å². The Morgan fingerprint density at radius 2 is 1.45 bits per heavy atom. The first-order valence-corrected chi connectivity index (χ1v) is 13.4. The van der Waals surface area contributed by atoms with Gasteiger partial charge in [-0.2, -0.15) is 0 Å². The number of aliphatic hydroxyl groups excluding tert-OH is 2. The van der Waals surface area contributed by atoms with E-state index in [9.17, 15) is 15.0 Å². The van der Waals surface area contributed by atoms with Crippen LogP contribution in [0.3, 0.4) is 0 Å². The molecular formula is C31H30N4O7. The zero-order chi connectivity index (χ0) is 29.3. The van der Waals surface area contributed by atoms with Crippen molar-refractivity contribution in [2.24, 2.45) is 0 Å². The molecule has 6 rings (SSSR count). The fourth-order valence-corrected chi connectivity index (χ4v) is 5.43. The smallest absolute Gasteiger partial charge is 0.278 e. The van der Waals surface area contributed by atoms with E-state index in [1.165, 1.54) is 17.2 Å². The quantitative estimate of drug-likeness (QED) is 0.228. The van der Waals surface area contributed by atoms with E-state index in [0.717, 1.165) is 16.7 Å². The summed E-state index contributed by atoms with van der Waals surface area (Å²) in [6.45, 7) is -0.0949. The zero-order valence-electron chi connectivity index (χ0n) is 23.0. The molecule has 3 aromatic carbocycles. The molecule has 0 spiro atoms. The fraction of sp³-hybridized carbons (Fsp3) is 0.258. The van der Waals surface area contributed by atoms with Gasteiger partial charge in [0.1, 0.15) is 35.4 Å². The van der Waals surface area contributed by atoms with Crippen LogP contribution in [0, 0.1) is 0 Å². The van der Waals surface area contributed by atoms with Crippen LogP contribution >= 0.6 is 0 Å². The molecule has 4 atom stereocenters. The van der Waals surface area contributed by atoms with Gasteiger partial charge in [0.05, 0.1) is 33.5 Å². The van der Waals surface area contributed by atoms with Gasteiger partial charge in [-0.3, -0.25) is 9.36 Å². The number of imidazole rings is 1. The normalized spacial score (nSPS) is 20.6. The van der Waals surface area contributed by atoms with Gasteiger partial charge in [-0.25, -0.2) is 9.97 Å². The zero-order valence-corrected chi connectivity index (χ0v) is 23.0. The molecule has 11 nitrogen and oxygen atoms in total. The molecule has 0 unspecified atom stereocenters. The predicted molar refractivity (Wildman–Crippen MR) is 152 cm³/mol. The highest BCUT2D eigenvalue weighted by Gasteiger charge is 2.47. The number of H-pyrrole nitrogens is 1. The van der Waals surface area contributed by atoms with Crippen molar-refractivity contribution in [1.82, 2.24) is 19.5 Å². The van der Waals surface area contributed by atoms with Gasteiger partial charge >= 0.3 is 0 Å². The fourth-order valence-electron chi connectivity index (χ4n) is 5.43. The van der Waals surface area contributed by atoms with Gasteiger partial charge in [-0.1, -0.05) is 54.6 Å². The Morgan fingerprint density at radius 1 is 0.857 bits per heavy atom. The van der Waals surface area contributed by atoms with Crippen molar-refractivity contribution >= 4 is 11.2 Å². The molecule has 42 heavy (non-hydrogen) atoms. The second kappa shape index (κ2) is 11.4. The third-order valence-electron chi connectivity index (χ3n) is 7.61. The molecule has 0 saturated carbocycles. The minimum atomic E-state index is -1.33. The van der Waals surface area contributed by atoms with Crippen LogP contribution in [-0.2, 0) is 15.1 Å². The molecule has 1 fully saturated rings. The molecule has 0 radical (unpaired) electrons. The number of fused-ring (bicyclic) bond motifs is 1. The Kier molecular flexibility index (Phi) is 7.48. The molecule has 1 aliphatic heterocycles. The Balaban J connectivity index is 1.39. The van der Waals surface area contributed by atoms with Crippen molar-refractivity contribution in [3.63, 3.8) is 0 Å². The van der Waals surface area contributed by atoms with Gasteiger partial charge < -0.3 is 34.1 Å². The van der Waals surface area contributed by atoms with E-state index >= 15 is 0 Å². The molecule has 216 valence electrons. The second-order valence-electron chi connectivity index (χ2n) is 9.92. The van der Waals surface area contributed by atoms with Crippen LogP contribution in [-0.4, -0.2) is 68.9 Å². The highest BCUT2D eigenvalue weighted by molar-refractivity contribution is 5.68. The number of aromatic nitrogens is 4. The molecule has 3 N–H and O–H groups in total. The van der Waals surface area contributed by atoms with Crippen LogP contribution < -0.4 is 15.0 Å². The second-order valence-corrected chi connectivity index (χ2v) is 9.92. The molecule has 1 aliphatic rings. The number of nitrogens with one attached hydrogen (secondary N) is 1. The third kappa shape index (κ3) is 4.72. The van der Waals surface area contributed by atoms with Crippen molar-refractivity contribution in [3.05, 3.63) is 119 Å². The lowest BCUT2D eigenvalue weighted by molar-refractivity contribution is -0.0942. The number of rotatable bonds is 9. The van der Waals surface area contributed by atoms with Gasteiger partial charge in [0.15, 0.2) is 17.4 Å². The molecule has 0 amide bonds. The van der Waals surface area contributed by atoms with E-state index in [1.807, 2.05) is 78.9 Å². The minimum absolute atomic E-state index is 0.0949. The van der Waals surface area contributed by atoms with Crippen LogP contribution in [0.25, 0.3) is 11.2 Å². The van der Waals surface area contributed by atoms with Gasteiger partial charge in [-0.05, 0) is 41.0 Å². The molecule has 0 bridgehead atoms. The summed E-state index contributed by atoms with van der Waals surface area (Å²) in [6.07, 6.45) is -1.98. The highest BCUT2D eigenvalue weighted by atomic mass is 16.6. The number of hydrogen-bond acceptors (Lipinski definition) is 9. The Labute approximate surface area is 240 Å². The molecule has 2 aromatic heterocycles. The van der Waals surface area contributed by atoms with Gasteiger partial charge in [0.2, 0.25) is 0 Å². The average Bonchev–Trinajstić information content (AvgIpc) is 3.59. The Bertz CT molecular complexity index is 1660. The lowest BCUT2D eigenvalue weighted by Gasteiger charge is -2.37. The van der Waals surface area contributed by atoms with Gasteiger partial charge in [-0.15, -0.1) is 0 Å². The Morgan fingerprint density at radius 3 is 2.05 bits per heavy atom. The minimum Gasteiger partial charge on any atom is -0.497 e. The maximum atomic E-state index is 12.2. The van der Waals surface area contributed by atoms with E-state index in [1.54, 1.807) is 14.2 Å². The number of ether oxygens (including phenoxy) is 4. The monoisotopic (exact) mass is 570 g/mol. The standard InChI is InChI=1S/C31H30N4O7/c1-39-22-12-8-20(9-13-22)31(19-6-4-3-5-7-19,21-10-14-23(40-2)15-11-21)41-16-24-26(36)27(37)30(42-24)35-18-34-25-28(35)32-17-33-29(25)38/h3-15,17-18,24,26-27,30,36-37H,16H2,1-2H3,(H,32,33,38)/t24-,26-,27+,30-/m1/s1. The maximum Gasteiger partial charge on any atom is 0.278 e. The number of methoxy groups -OCH3 is 2. The molecule has 3 heterocycles. The molecule has 0 aliphatic carbocycles. The summed E-state index contributed by atoms with van der Waals surface area (Å²) in [6, 6.07) is 24.9. The molecular weight excluding hydrogens is 540 g/mol. The molecule has 1 saturated heterocycles. The third-order valence-corrected chi connectivity index (χ3v) is 7.61. The number of aliphatic hydroxyl groups is 2. The molecule has 5 aromatic rings. The average molecular weight is 571 g/mol. The van der Waals surface area contributed by atoms with E-state index in [4.69, 9.17) is 18.9 Å². The van der Waals surface area contributed by atoms with Crippen LogP contribution in [0.15, 0.2) is 96.3 Å². The van der Waals surface area contributed by atoms with Crippen LogP contribution in [0.2, 0.25) is 0 Å². The van der Waals surface area contributed by atoms with Gasteiger partial charge in [0.25, 0.3) is 5.56 Å². The predicted octanol–water partition coefficient (Wildman–Crippen LogP) is 2.76. The van der Waals surface area contributed by atoms with Crippen molar-refractivity contribution in [2.75, 3.05) is 20.8 Å². The highest BCUT2D eigenvalue weighted by Crippen LogP contribution is 2.43. The number of aromatic amines is 1. The van der Waals surface area contributed by atoms with Crippen molar-refractivity contribution < 1.29 is 29.2 Å². The molecule has 11 heteroatoms. The summed E-state index contributed by atoms with van der Waals surface area (Å²) in [5.41, 5.74) is 1.24. The van der Waals surface area contributed by atoms with Crippen molar-refractivity contribution in [1.29, 1.82) is 0 Å². The SMILES string of the molecule is COc1ccc(C(OC[C@H]2O[C@@H](n3cnc4c(=O)[nH]cnc43)[C@@H](O)[C@@H]2O)(c2ccccc2)c2ccc(OC)cc2)cc1. The first-order chi connectivity index (χ1) is 20.5. The van der Waals surface area contributed by atoms with E-state index in [-0.39, 0.29) is 17.8 Å². The van der Waals surface area contributed by atoms with Crippen molar-refractivity contribution in [3.8, 4) is 11.5 Å². The summed E-state index contributed by atoms with van der Waals surface area (Å²) >= 11 is 0. The summed E-state index contributed by atoms with van der Waals surface area (Å²) in [7, 11) is 3.21. The van der Waals surface area contributed by atoms with E-state index in [0.29, 0.717) is 11.5 Å². The summed E-state index contributed by atoms with van der Waals surface area (Å²) in [5.74, 6) is 1.38. The van der Waals surface area contributed by atoms with Gasteiger partial charge in [0, 0.05) is 0 Å². The Hall–Kier alpha value is -4.55. The first-order valence-electron chi connectivity index (χ1n) is 13.4. The largest absolute Gasteiger partial charge is 0.497 e. The lowest BCUT2D eigenvalue weighted by Crippen LogP contribution is -2.39. The van der Waals surface area contributed by atoms with E-state index in [2.05, 4.69) is 15.0 Å². The van der Waals surface area contributed by atoms with Crippen LogP contribution in [0.4, 0.5) is 0 Å².